The van der Waals surface area contributed by atoms with Crippen LogP contribution in [0.25, 0.3) is 17.1 Å². The molecule has 0 radical (unpaired) electrons. The molecule has 0 saturated carbocycles. The van der Waals surface area contributed by atoms with E-state index >= 15 is 0 Å². The van der Waals surface area contributed by atoms with Gasteiger partial charge in [-0.2, -0.15) is 0 Å². The number of halogens is 1. The lowest BCUT2D eigenvalue weighted by atomic mass is 10.2. The Bertz CT molecular complexity index is 1160. The monoisotopic (exact) mass is 418 g/mol. The number of carbonyl (C=O) groups excluding carboxylic acids is 1. The SMILES string of the molecule is Cc1ccc(F)cc1NC(=O)CSc1nnc(-c2ccccc2)n1-c1ccccc1. The largest absolute Gasteiger partial charge is 0.325 e. The van der Waals surface area contributed by atoms with E-state index in [9.17, 15) is 9.18 Å². The number of anilines is 1. The molecule has 7 heteroatoms. The van der Waals surface area contributed by atoms with Crippen LogP contribution < -0.4 is 5.32 Å². The van der Waals surface area contributed by atoms with Gasteiger partial charge in [-0.15, -0.1) is 10.2 Å². The number of para-hydroxylation sites is 1. The summed E-state index contributed by atoms with van der Waals surface area (Å²) in [5, 5.41) is 12.0. The van der Waals surface area contributed by atoms with Gasteiger partial charge in [-0.25, -0.2) is 4.39 Å². The lowest BCUT2D eigenvalue weighted by molar-refractivity contribution is -0.113. The number of thioether (sulfide) groups is 1. The first-order chi connectivity index (χ1) is 14.6. The van der Waals surface area contributed by atoms with Crippen LogP contribution in [0.2, 0.25) is 0 Å². The first kappa shape index (κ1) is 19.8. The van der Waals surface area contributed by atoms with Crippen LogP contribution in [0.3, 0.4) is 0 Å². The van der Waals surface area contributed by atoms with Crippen molar-refractivity contribution >= 4 is 23.4 Å². The Morgan fingerprint density at radius 2 is 1.70 bits per heavy atom. The number of rotatable bonds is 6. The number of hydrogen-bond donors (Lipinski definition) is 1. The van der Waals surface area contributed by atoms with Gasteiger partial charge in [0, 0.05) is 16.9 Å². The molecular weight excluding hydrogens is 399 g/mol. The molecule has 1 amide bonds. The number of nitrogens with zero attached hydrogens (tertiary/aromatic N) is 3. The molecule has 1 heterocycles. The van der Waals surface area contributed by atoms with Crippen molar-refractivity contribution in [2.75, 3.05) is 11.1 Å². The van der Waals surface area contributed by atoms with E-state index < -0.39 is 0 Å². The lowest BCUT2D eigenvalue weighted by Gasteiger charge is -2.11. The van der Waals surface area contributed by atoms with Gasteiger partial charge < -0.3 is 5.32 Å². The van der Waals surface area contributed by atoms with E-state index in [1.54, 1.807) is 6.07 Å². The highest BCUT2D eigenvalue weighted by Crippen LogP contribution is 2.28. The van der Waals surface area contributed by atoms with E-state index in [-0.39, 0.29) is 17.5 Å². The van der Waals surface area contributed by atoms with E-state index in [4.69, 9.17) is 0 Å². The molecule has 0 atom stereocenters. The average molecular weight is 418 g/mol. The Balaban J connectivity index is 1.58. The number of aromatic nitrogens is 3. The molecule has 1 N–H and O–H groups in total. The molecule has 5 nitrogen and oxygen atoms in total. The highest BCUT2D eigenvalue weighted by Gasteiger charge is 2.17. The predicted octanol–water partition coefficient (Wildman–Crippen LogP) is 5.11. The van der Waals surface area contributed by atoms with Crippen molar-refractivity contribution in [3.63, 3.8) is 0 Å². The smallest absolute Gasteiger partial charge is 0.234 e. The molecule has 30 heavy (non-hydrogen) atoms. The van der Waals surface area contributed by atoms with E-state index in [1.807, 2.05) is 72.2 Å². The summed E-state index contributed by atoms with van der Waals surface area (Å²) in [6.07, 6.45) is 0. The van der Waals surface area contributed by atoms with Gasteiger partial charge in [-0.3, -0.25) is 9.36 Å². The average Bonchev–Trinajstić information content (AvgIpc) is 3.20. The standard InChI is InChI=1S/C23H19FN4OS/c1-16-12-13-18(24)14-20(16)25-21(29)15-30-23-27-26-22(17-8-4-2-5-9-17)28(23)19-10-6-3-7-11-19/h2-14H,15H2,1H3,(H,25,29). The maximum absolute atomic E-state index is 13.5. The molecule has 0 saturated heterocycles. The van der Waals surface area contributed by atoms with Crippen LogP contribution in [0.1, 0.15) is 5.56 Å². The highest BCUT2D eigenvalue weighted by molar-refractivity contribution is 7.99. The van der Waals surface area contributed by atoms with Gasteiger partial charge >= 0.3 is 0 Å². The van der Waals surface area contributed by atoms with Gasteiger partial charge in [0.1, 0.15) is 5.82 Å². The van der Waals surface area contributed by atoms with Crippen molar-refractivity contribution in [2.45, 2.75) is 12.1 Å². The summed E-state index contributed by atoms with van der Waals surface area (Å²) >= 11 is 1.28. The van der Waals surface area contributed by atoms with Crippen molar-refractivity contribution in [1.29, 1.82) is 0 Å². The summed E-state index contributed by atoms with van der Waals surface area (Å²) in [7, 11) is 0. The molecule has 1 aromatic heterocycles. The van der Waals surface area contributed by atoms with Crippen molar-refractivity contribution in [1.82, 2.24) is 14.8 Å². The van der Waals surface area contributed by atoms with Gasteiger partial charge in [0.25, 0.3) is 0 Å². The fourth-order valence-corrected chi connectivity index (χ4v) is 3.74. The van der Waals surface area contributed by atoms with Crippen LogP contribution in [0, 0.1) is 12.7 Å². The zero-order chi connectivity index (χ0) is 20.9. The number of carbonyl (C=O) groups is 1. The minimum atomic E-state index is -0.389. The minimum absolute atomic E-state index is 0.121. The van der Waals surface area contributed by atoms with Gasteiger partial charge in [0.15, 0.2) is 11.0 Å². The Morgan fingerprint density at radius 1 is 1.00 bits per heavy atom. The van der Waals surface area contributed by atoms with Gasteiger partial charge in [0.05, 0.1) is 5.75 Å². The second-order valence-electron chi connectivity index (χ2n) is 6.64. The van der Waals surface area contributed by atoms with Crippen LogP contribution in [-0.4, -0.2) is 26.4 Å². The Labute approximate surface area is 178 Å². The number of nitrogens with one attached hydrogen (secondary N) is 1. The number of hydrogen-bond acceptors (Lipinski definition) is 4. The molecule has 0 bridgehead atoms. The summed E-state index contributed by atoms with van der Waals surface area (Å²) in [6.45, 7) is 1.82. The topological polar surface area (TPSA) is 59.8 Å². The van der Waals surface area contributed by atoms with E-state index in [1.165, 1.54) is 23.9 Å². The Hall–Kier alpha value is -3.45. The fraction of sp³-hybridized carbons (Fsp3) is 0.0870. The highest BCUT2D eigenvalue weighted by atomic mass is 32.2. The summed E-state index contributed by atoms with van der Waals surface area (Å²) in [5.74, 6) is 0.193. The van der Waals surface area contributed by atoms with Crippen molar-refractivity contribution in [3.05, 3.63) is 90.2 Å². The van der Waals surface area contributed by atoms with Crippen molar-refractivity contribution in [3.8, 4) is 17.1 Å². The molecule has 0 aliphatic rings. The minimum Gasteiger partial charge on any atom is -0.325 e. The van der Waals surface area contributed by atoms with Crippen LogP contribution in [0.5, 0.6) is 0 Å². The van der Waals surface area contributed by atoms with Crippen LogP contribution in [0.15, 0.2) is 84.0 Å². The molecule has 150 valence electrons. The predicted molar refractivity (Wildman–Crippen MR) is 117 cm³/mol. The molecular formula is C23H19FN4OS. The van der Waals surface area contributed by atoms with Crippen molar-refractivity contribution in [2.24, 2.45) is 0 Å². The van der Waals surface area contributed by atoms with E-state index in [0.717, 1.165) is 16.8 Å². The zero-order valence-corrected chi connectivity index (χ0v) is 17.1. The first-order valence-corrected chi connectivity index (χ1v) is 10.4. The lowest BCUT2D eigenvalue weighted by Crippen LogP contribution is -2.15. The summed E-state index contributed by atoms with van der Waals surface area (Å²) in [5.41, 5.74) is 3.11. The molecule has 0 aliphatic heterocycles. The quantitative estimate of drug-likeness (QED) is 0.442. The summed E-state index contributed by atoms with van der Waals surface area (Å²) < 4.78 is 15.4. The third kappa shape index (κ3) is 4.41. The number of amides is 1. The number of benzene rings is 3. The maximum atomic E-state index is 13.5. The van der Waals surface area contributed by atoms with Crippen molar-refractivity contribution < 1.29 is 9.18 Å². The third-order valence-electron chi connectivity index (χ3n) is 4.49. The molecule has 0 aliphatic carbocycles. The van der Waals surface area contributed by atoms with E-state index in [2.05, 4.69) is 15.5 Å². The van der Waals surface area contributed by atoms with Crippen LogP contribution in [0.4, 0.5) is 10.1 Å². The van der Waals surface area contributed by atoms with Crippen LogP contribution in [-0.2, 0) is 4.79 Å². The molecule has 0 spiro atoms. The molecule has 0 unspecified atom stereocenters. The second-order valence-corrected chi connectivity index (χ2v) is 7.58. The summed E-state index contributed by atoms with van der Waals surface area (Å²) in [4.78, 5) is 12.5. The normalized spacial score (nSPS) is 10.7. The van der Waals surface area contributed by atoms with Gasteiger partial charge in [-0.05, 0) is 36.8 Å². The zero-order valence-electron chi connectivity index (χ0n) is 16.2. The second kappa shape index (κ2) is 8.92. The Kier molecular flexibility index (Phi) is 5.90. The molecule has 3 aromatic carbocycles. The molecule has 0 fully saturated rings. The fourth-order valence-electron chi connectivity index (χ4n) is 2.99. The third-order valence-corrected chi connectivity index (χ3v) is 5.41. The molecule has 4 rings (SSSR count). The number of aryl methyl sites for hydroxylation is 1. The van der Waals surface area contributed by atoms with Crippen LogP contribution >= 0.6 is 11.8 Å². The van der Waals surface area contributed by atoms with Gasteiger partial charge in [-0.1, -0.05) is 66.4 Å². The molecule has 4 aromatic rings. The first-order valence-electron chi connectivity index (χ1n) is 9.37. The summed E-state index contributed by atoms with van der Waals surface area (Å²) in [6, 6.07) is 23.9. The van der Waals surface area contributed by atoms with Gasteiger partial charge in [0.2, 0.25) is 5.91 Å². The Morgan fingerprint density at radius 3 is 2.43 bits per heavy atom. The van der Waals surface area contributed by atoms with E-state index in [0.29, 0.717) is 16.7 Å². The maximum Gasteiger partial charge on any atom is 0.234 e.